The molecule has 6 nitrogen and oxygen atoms in total. The van der Waals surface area contributed by atoms with Crippen molar-refractivity contribution in [1.29, 1.82) is 0 Å². The number of carbonyl (C=O) groups excluding carboxylic acids is 2. The molecule has 1 amide bonds. The first kappa shape index (κ1) is 16.6. The third kappa shape index (κ3) is 3.97. The van der Waals surface area contributed by atoms with Gasteiger partial charge in [0.15, 0.2) is 5.78 Å². The number of aryl methyl sites for hydroxylation is 1. The summed E-state index contributed by atoms with van der Waals surface area (Å²) in [4.78, 5) is 38.6. The fourth-order valence-corrected chi connectivity index (χ4v) is 3.56. The van der Waals surface area contributed by atoms with Gasteiger partial charge in [0, 0.05) is 56.3 Å². The molecule has 2 aromatic heterocycles. The Morgan fingerprint density at radius 1 is 1.12 bits per heavy atom. The minimum absolute atomic E-state index is 0.0513. The number of aromatic nitrogens is 2. The Morgan fingerprint density at radius 3 is 2.54 bits per heavy atom. The Hall–Kier alpha value is -2.28. The van der Waals surface area contributed by atoms with Crippen molar-refractivity contribution in [1.82, 2.24) is 14.9 Å². The number of anilines is 1. The second-order valence-corrected chi connectivity index (χ2v) is 7.05. The van der Waals surface area contributed by atoms with E-state index in [2.05, 4.69) is 14.9 Å². The molecule has 0 radical (unpaired) electrons. The number of amides is 1. The topological polar surface area (TPSA) is 66.4 Å². The molecule has 0 unspecified atom stereocenters. The Morgan fingerprint density at radius 2 is 1.92 bits per heavy atom. The molecule has 1 fully saturated rings. The van der Waals surface area contributed by atoms with Gasteiger partial charge in [0.05, 0.1) is 11.1 Å². The quantitative estimate of drug-likeness (QED) is 0.778. The van der Waals surface area contributed by atoms with Crippen LogP contribution in [0, 0.1) is 6.92 Å². The van der Waals surface area contributed by atoms with Gasteiger partial charge in [0.2, 0.25) is 5.91 Å². The van der Waals surface area contributed by atoms with Gasteiger partial charge in [-0.1, -0.05) is 0 Å². The average molecular weight is 344 g/mol. The lowest BCUT2D eigenvalue weighted by Gasteiger charge is -2.35. The lowest BCUT2D eigenvalue weighted by molar-refractivity contribution is -0.131. The Kier molecular flexibility index (Phi) is 5.20. The summed E-state index contributed by atoms with van der Waals surface area (Å²) < 4.78 is 0. The summed E-state index contributed by atoms with van der Waals surface area (Å²) in [6.45, 7) is 4.76. The summed E-state index contributed by atoms with van der Waals surface area (Å²) in [5.74, 6) is 0.947. The van der Waals surface area contributed by atoms with E-state index in [1.165, 1.54) is 11.3 Å². The lowest BCUT2D eigenvalue weighted by Crippen LogP contribution is -2.49. The van der Waals surface area contributed by atoms with Crippen LogP contribution < -0.4 is 4.90 Å². The van der Waals surface area contributed by atoms with E-state index in [1.54, 1.807) is 18.6 Å². The molecule has 1 aliphatic rings. The van der Waals surface area contributed by atoms with Crippen LogP contribution in [0.3, 0.4) is 0 Å². The minimum Gasteiger partial charge on any atom is -0.352 e. The molecule has 0 aromatic carbocycles. The van der Waals surface area contributed by atoms with Gasteiger partial charge in [-0.05, 0) is 19.1 Å². The van der Waals surface area contributed by atoms with E-state index in [0.717, 1.165) is 28.7 Å². The molecular formula is C17H20N4O2S. The number of rotatable bonds is 5. The van der Waals surface area contributed by atoms with Crippen LogP contribution in [0.4, 0.5) is 5.82 Å². The molecule has 0 N–H and O–H groups in total. The van der Waals surface area contributed by atoms with Crippen molar-refractivity contribution >= 4 is 28.8 Å². The van der Waals surface area contributed by atoms with Gasteiger partial charge >= 0.3 is 0 Å². The molecule has 1 saturated heterocycles. The van der Waals surface area contributed by atoms with Crippen molar-refractivity contribution in [3.05, 3.63) is 40.5 Å². The first-order valence-electron chi connectivity index (χ1n) is 8.02. The SMILES string of the molecule is Cc1ccc(C(=O)CCC(=O)N2CCN(c3cnccn3)CC2)s1. The van der Waals surface area contributed by atoms with Crippen LogP contribution in [0.25, 0.3) is 0 Å². The van der Waals surface area contributed by atoms with Gasteiger partial charge in [-0.15, -0.1) is 11.3 Å². The van der Waals surface area contributed by atoms with Gasteiger partial charge in [-0.3, -0.25) is 14.6 Å². The van der Waals surface area contributed by atoms with Gasteiger partial charge in [-0.2, -0.15) is 0 Å². The van der Waals surface area contributed by atoms with Crippen LogP contribution in [0.15, 0.2) is 30.7 Å². The van der Waals surface area contributed by atoms with Crippen LogP contribution in [-0.2, 0) is 4.79 Å². The van der Waals surface area contributed by atoms with Crippen molar-refractivity contribution in [2.45, 2.75) is 19.8 Å². The van der Waals surface area contributed by atoms with Crippen molar-refractivity contribution in [3.8, 4) is 0 Å². The van der Waals surface area contributed by atoms with E-state index >= 15 is 0 Å². The fraction of sp³-hybridized carbons (Fsp3) is 0.412. The number of hydrogen-bond acceptors (Lipinski definition) is 6. The first-order valence-corrected chi connectivity index (χ1v) is 8.83. The predicted molar refractivity (Wildman–Crippen MR) is 93.4 cm³/mol. The second kappa shape index (κ2) is 7.53. The highest BCUT2D eigenvalue weighted by atomic mass is 32.1. The van der Waals surface area contributed by atoms with Crippen molar-refractivity contribution in [2.75, 3.05) is 31.1 Å². The van der Waals surface area contributed by atoms with E-state index in [1.807, 2.05) is 24.0 Å². The molecule has 24 heavy (non-hydrogen) atoms. The van der Waals surface area contributed by atoms with Gasteiger partial charge in [0.25, 0.3) is 0 Å². The Balaban J connectivity index is 1.46. The maximum absolute atomic E-state index is 12.3. The largest absolute Gasteiger partial charge is 0.352 e. The molecule has 7 heteroatoms. The molecule has 3 rings (SSSR count). The standard InChI is InChI=1S/C17H20N4O2S/c1-13-2-4-15(24-13)14(22)3-5-17(23)21-10-8-20(9-11-21)16-12-18-6-7-19-16/h2,4,6-7,12H,3,5,8-11H2,1H3. The molecule has 0 atom stereocenters. The lowest BCUT2D eigenvalue weighted by atomic mass is 10.1. The number of carbonyl (C=O) groups is 2. The van der Waals surface area contributed by atoms with E-state index in [0.29, 0.717) is 13.1 Å². The Bertz CT molecular complexity index is 708. The molecule has 0 saturated carbocycles. The highest BCUT2D eigenvalue weighted by Crippen LogP contribution is 2.18. The summed E-state index contributed by atoms with van der Waals surface area (Å²) in [6, 6.07) is 3.78. The van der Waals surface area contributed by atoms with Crippen LogP contribution in [-0.4, -0.2) is 52.7 Å². The van der Waals surface area contributed by atoms with Crippen molar-refractivity contribution in [3.63, 3.8) is 0 Å². The molecule has 0 spiro atoms. The highest BCUT2D eigenvalue weighted by Gasteiger charge is 2.22. The van der Waals surface area contributed by atoms with E-state index in [4.69, 9.17) is 0 Å². The van der Waals surface area contributed by atoms with Crippen LogP contribution in [0.1, 0.15) is 27.4 Å². The zero-order chi connectivity index (χ0) is 16.9. The number of nitrogens with zero attached hydrogens (tertiary/aromatic N) is 4. The molecule has 3 heterocycles. The van der Waals surface area contributed by atoms with E-state index in [-0.39, 0.29) is 24.5 Å². The highest BCUT2D eigenvalue weighted by molar-refractivity contribution is 7.14. The zero-order valence-electron chi connectivity index (χ0n) is 13.6. The normalized spacial score (nSPS) is 14.7. The van der Waals surface area contributed by atoms with E-state index < -0.39 is 0 Å². The molecule has 0 aliphatic carbocycles. The molecule has 126 valence electrons. The smallest absolute Gasteiger partial charge is 0.223 e. The van der Waals surface area contributed by atoms with Crippen LogP contribution in [0.2, 0.25) is 0 Å². The maximum Gasteiger partial charge on any atom is 0.223 e. The third-order valence-electron chi connectivity index (χ3n) is 4.09. The predicted octanol–water partition coefficient (Wildman–Crippen LogP) is 2.16. The summed E-state index contributed by atoms with van der Waals surface area (Å²) in [5, 5.41) is 0. The number of Topliss-reactive ketones (excluding diaryl/α,β-unsaturated/α-hetero) is 1. The van der Waals surface area contributed by atoms with E-state index in [9.17, 15) is 9.59 Å². The Labute approximate surface area is 145 Å². The molecule has 0 bridgehead atoms. The van der Waals surface area contributed by atoms with Crippen LogP contribution in [0.5, 0.6) is 0 Å². The van der Waals surface area contributed by atoms with Crippen molar-refractivity contribution < 1.29 is 9.59 Å². The summed E-state index contributed by atoms with van der Waals surface area (Å²) in [6.07, 6.45) is 5.61. The number of thiophene rings is 1. The minimum atomic E-state index is 0.0513. The average Bonchev–Trinajstić information content (AvgIpc) is 3.07. The van der Waals surface area contributed by atoms with Crippen molar-refractivity contribution in [2.24, 2.45) is 0 Å². The maximum atomic E-state index is 12.3. The molecular weight excluding hydrogens is 324 g/mol. The monoisotopic (exact) mass is 344 g/mol. The second-order valence-electron chi connectivity index (χ2n) is 5.76. The third-order valence-corrected chi connectivity index (χ3v) is 5.13. The summed E-state index contributed by atoms with van der Waals surface area (Å²) in [7, 11) is 0. The van der Waals surface area contributed by atoms with Gasteiger partial charge in [-0.25, -0.2) is 4.98 Å². The van der Waals surface area contributed by atoms with Gasteiger partial charge < -0.3 is 9.80 Å². The summed E-state index contributed by atoms with van der Waals surface area (Å²) >= 11 is 1.49. The van der Waals surface area contributed by atoms with Gasteiger partial charge in [0.1, 0.15) is 5.82 Å². The molecule has 2 aromatic rings. The summed E-state index contributed by atoms with van der Waals surface area (Å²) in [5.41, 5.74) is 0. The first-order chi connectivity index (χ1) is 11.6. The zero-order valence-corrected chi connectivity index (χ0v) is 14.5. The fourth-order valence-electron chi connectivity index (χ4n) is 2.73. The van der Waals surface area contributed by atoms with Crippen LogP contribution >= 0.6 is 11.3 Å². The number of hydrogen-bond donors (Lipinski definition) is 0. The number of piperazine rings is 1. The number of ketones is 1. The molecule has 1 aliphatic heterocycles.